The van der Waals surface area contributed by atoms with E-state index in [0.29, 0.717) is 35.2 Å². The van der Waals surface area contributed by atoms with Gasteiger partial charge in [0.25, 0.3) is 5.22 Å². The van der Waals surface area contributed by atoms with Crippen molar-refractivity contribution >= 4 is 38.6 Å². The Morgan fingerprint density at radius 1 is 1.06 bits per heavy atom. The maximum Gasteiger partial charge on any atom is 0.257 e. The van der Waals surface area contributed by atoms with Crippen molar-refractivity contribution in [3.63, 3.8) is 0 Å². The van der Waals surface area contributed by atoms with Crippen molar-refractivity contribution in [2.45, 2.75) is 30.1 Å². The molecule has 9 heteroatoms. The van der Waals surface area contributed by atoms with Crippen molar-refractivity contribution in [2.75, 3.05) is 11.5 Å². The number of furan rings is 1. The molecule has 166 valence electrons. The molecule has 2 heterocycles. The monoisotopic (exact) mass is 470 g/mol. The van der Waals surface area contributed by atoms with E-state index in [1.54, 1.807) is 30.2 Å². The highest BCUT2D eigenvalue weighted by Gasteiger charge is 2.19. The van der Waals surface area contributed by atoms with Crippen molar-refractivity contribution in [1.82, 2.24) is 9.88 Å². The lowest BCUT2D eigenvalue weighted by Crippen LogP contribution is -2.31. The molecule has 0 saturated carbocycles. The second-order valence-electron chi connectivity index (χ2n) is 7.12. The minimum atomic E-state index is -3.33. The lowest BCUT2D eigenvalue weighted by atomic mass is 10.2. The Balaban J connectivity index is 1.47. The van der Waals surface area contributed by atoms with E-state index in [1.807, 2.05) is 36.4 Å². The van der Waals surface area contributed by atoms with Crippen LogP contribution < -0.4 is 0 Å². The lowest BCUT2D eigenvalue weighted by molar-refractivity contribution is -0.129. The van der Waals surface area contributed by atoms with Gasteiger partial charge in [0.1, 0.15) is 11.3 Å². The Morgan fingerprint density at radius 3 is 2.59 bits per heavy atom. The topological polar surface area (TPSA) is 93.6 Å². The SMILES string of the molecule is CCS(=O)(=O)c1ccc2oc(SCC(=O)N(Cc3ccccc3)Cc3ccco3)nc2c1. The molecule has 32 heavy (non-hydrogen) atoms. The molecule has 0 aliphatic carbocycles. The van der Waals surface area contributed by atoms with Gasteiger partial charge in [0.2, 0.25) is 5.91 Å². The summed E-state index contributed by atoms with van der Waals surface area (Å²) in [6.45, 7) is 2.40. The van der Waals surface area contributed by atoms with Crippen LogP contribution in [0.1, 0.15) is 18.2 Å². The highest BCUT2D eigenvalue weighted by molar-refractivity contribution is 7.99. The molecule has 0 saturated heterocycles. The third-order valence-corrected chi connectivity index (χ3v) is 7.44. The highest BCUT2D eigenvalue weighted by Crippen LogP contribution is 2.26. The number of oxazole rings is 1. The molecule has 4 rings (SSSR count). The zero-order valence-corrected chi connectivity index (χ0v) is 19.1. The number of carbonyl (C=O) groups excluding carboxylic acids is 1. The molecule has 0 atom stereocenters. The predicted molar refractivity (Wildman–Crippen MR) is 122 cm³/mol. The number of thioether (sulfide) groups is 1. The van der Waals surface area contributed by atoms with Crippen LogP contribution in [0.5, 0.6) is 0 Å². The number of rotatable bonds is 9. The van der Waals surface area contributed by atoms with Crippen LogP contribution in [0.25, 0.3) is 11.1 Å². The number of hydrogen-bond acceptors (Lipinski definition) is 7. The minimum Gasteiger partial charge on any atom is -0.467 e. The van der Waals surface area contributed by atoms with E-state index in [1.165, 1.54) is 23.9 Å². The molecular weight excluding hydrogens is 448 g/mol. The maximum absolute atomic E-state index is 13.0. The van der Waals surface area contributed by atoms with Gasteiger partial charge in [-0.25, -0.2) is 13.4 Å². The van der Waals surface area contributed by atoms with Crippen molar-refractivity contribution in [1.29, 1.82) is 0 Å². The first kappa shape index (κ1) is 22.2. The molecule has 0 unspecified atom stereocenters. The van der Waals surface area contributed by atoms with Crippen molar-refractivity contribution in [3.05, 3.63) is 78.3 Å². The summed E-state index contributed by atoms with van der Waals surface area (Å²) in [6.07, 6.45) is 1.58. The summed E-state index contributed by atoms with van der Waals surface area (Å²) in [4.78, 5) is 19.3. The summed E-state index contributed by atoms with van der Waals surface area (Å²) in [5.74, 6) is 0.748. The average Bonchev–Trinajstić information content (AvgIpc) is 3.46. The van der Waals surface area contributed by atoms with Gasteiger partial charge in [-0.2, -0.15) is 0 Å². The van der Waals surface area contributed by atoms with E-state index < -0.39 is 9.84 Å². The Labute approximate surface area is 190 Å². The van der Waals surface area contributed by atoms with Gasteiger partial charge in [0, 0.05) is 6.54 Å². The number of nitrogens with zero attached hydrogens (tertiary/aromatic N) is 2. The summed E-state index contributed by atoms with van der Waals surface area (Å²) in [6, 6.07) is 18.0. The number of amides is 1. The van der Waals surface area contributed by atoms with E-state index in [0.717, 1.165) is 5.56 Å². The van der Waals surface area contributed by atoms with Crippen LogP contribution in [0.3, 0.4) is 0 Å². The van der Waals surface area contributed by atoms with Gasteiger partial charge in [-0.3, -0.25) is 4.79 Å². The van der Waals surface area contributed by atoms with E-state index in [9.17, 15) is 13.2 Å². The molecule has 2 aromatic carbocycles. The second kappa shape index (κ2) is 9.62. The molecule has 7 nitrogen and oxygen atoms in total. The summed E-state index contributed by atoms with van der Waals surface area (Å²) < 4.78 is 35.3. The average molecular weight is 471 g/mol. The van der Waals surface area contributed by atoms with Gasteiger partial charge < -0.3 is 13.7 Å². The van der Waals surface area contributed by atoms with Gasteiger partial charge in [-0.15, -0.1) is 0 Å². The standard InChI is InChI=1S/C23H22N2O5S2/c1-2-32(27,28)19-10-11-21-20(13-19)24-23(30-21)31-16-22(26)25(15-18-9-6-12-29-18)14-17-7-4-3-5-8-17/h3-13H,2,14-16H2,1H3. The van der Waals surface area contributed by atoms with E-state index in [-0.39, 0.29) is 22.3 Å². The van der Waals surface area contributed by atoms with Gasteiger partial charge in [-0.1, -0.05) is 49.0 Å². The molecule has 2 aromatic heterocycles. The molecule has 1 amide bonds. The summed E-state index contributed by atoms with van der Waals surface area (Å²) in [5, 5.41) is 0.317. The van der Waals surface area contributed by atoms with Crippen LogP contribution in [0.2, 0.25) is 0 Å². The number of hydrogen-bond donors (Lipinski definition) is 0. The van der Waals surface area contributed by atoms with Crippen LogP contribution in [0.4, 0.5) is 0 Å². The van der Waals surface area contributed by atoms with E-state index in [2.05, 4.69) is 4.98 Å². The maximum atomic E-state index is 13.0. The number of fused-ring (bicyclic) bond motifs is 1. The molecule has 0 aliphatic heterocycles. The Bertz CT molecular complexity index is 1300. The molecule has 4 aromatic rings. The molecule has 0 N–H and O–H groups in total. The second-order valence-corrected chi connectivity index (χ2v) is 10.3. The van der Waals surface area contributed by atoms with Crippen molar-refractivity contribution in [3.8, 4) is 0 Å². The zero-order chi connectivity index (χ0) is 22.6. The van der Waals surface area contributed by atoms with Gasteiger partial charge in [0.15, 0.2) is 15.4 Å². The summed E-state index contributed by atoms with van der Waals surface area (Å²) in [7, 11) is -3.33. The fourth-order valence-electron chi connectivity index (χ4n) is 3.15. The van der Waals surface area contributed by atoms with Crippen molar-refractivity contribution in [2.24, 2.45) is 0 Å². The highest BCUT2D eigenvalue weighted by atomic mass is 32.2. The number of sulfone groups is 1. The Morgan fingerprint density at radius 2 is 1.88 bits per heavy atom. The first-order chi connectivity index (χ1) is 15.4. The smallest absolute Gasteiger partial charge is 0.257 e. The van der Waals surface area contributed by atoms with Crippen molar-refractivity contribution < 1.29 is 22.0 Å². The van der Waals surface area contributed by atoms with E-state index in [4.69, 9.17) is 8.83 Å². The predicted octanol–water partition coefficient (Wildman–Crippen LogP) is 4.54. The summed E-state index contributed by atoms with van der Waals surface area (Å²) in [5.41, 5.74) is 1.95. The fourth-order valence-corrected chi connectivity index (χ4v) is 4.79. The number of benzene rings is 2. The normalized spacial score (nSPS) is 11.7. The third kappa shape index (κ3) is 5.23. The largest absolute Gasteiger partial charge is 0.467 e. The molecule has 0 bridgehead atoms. The first-order valence-electron chi connectivity index (χ1n) is 10.0. The lowest BCUT2D eigenvalue weighted by Gasteiger charge is -2.21. The van der Waals surface area contributed by atoms with Crippen LogP contribution in [0.15, 0.2) is 85.9 Å². The van der Waals surface area contributed by atoms with Crippen LogP contribution >= 0.6 is 11.8 Å². The van der Waals surface area contributed by atoms with Gasteiger partial charge in [0.05, 0.1) is 29.2 Å². The fraction of sp³-hybridized carbons (Fsp3) is 0.217. The molecular formula is C23H22N2O5S2. The molecule has 0 radical (unpaired) electrons. The third-order valence-electron chi connectivity index (χ3n) is 4.89. The van der Waals surface area contributed by atoms with E-state index >= 15 is 0 Å². The van der Waals surface area contributed by atoms with Crippen LogP contribution in [0, 0.1) is 0 Å². The first-order valence-corrected chi connectivity index (χ1v) is 12.7. The number of carbonyl (C=O) groups is 1. The van der Waals surface area contributed by atoms with Gasteiger partial charge >= 0.3 is 0 Å². The minimum absolute atomic E-state index is 0.0133. The molecule has 0 spiro atoms. The molecule has 0 aliphatic rings. The van der Waals surface area contributed by atoms with Gasteiger partial charge in [-0.05, 0) is 35.9 Å². The number of aromatic nitrogens is 1. The van der Waals surface area contributed by atoms with Crippen LogP contribution in [-0.4, -0.2) is 35.7 Å². The van der Waals surface area contributed by atoms with Crippen LogP contribution in [-0.2, 0) is 27.7 Å². The Kier molecular flexibility index (Phi) is 6.66. The Hall–Kier alpha value is -3.04. The summed E-state index contributed by atoms with van der Waals surface area (Å²) >= 11 is 1.18. The quantitative estimate of drug-likeness (QED) is 0.332. The zero-order valence-electron chi connectivity index (χ0n) is 17.4. The molecule has 0 fully saturated rings.